The van der Waals surface area contributed by atoms with Crippen LogP contribution in [0.25, 0.3) is 6.08 Å². The summed E-state index contributed by atoms with van der Waals surface area (Å²) in [6, 6.07) is 14.7. The van der Waals surface area contributed by atoms with Crippen LogP contribution in [-0.2, 0) is 4.79 Å². The van der Waals surface area contributed by atoms with Crippen molar-refractivity contribution in [1.82, 2.24) is 0 Å². The van der Waals surface area contributed by atoms with Gasteiger partial charge >= 0.3 is 0 Å². The molecule has 1 amide bonds. The highest BCUT2D eigenvalue weighted by Gasteiger charge is 2.06. The minimum atomic E-state index is -0.292. The van der Waals surface area contributed by atoms with Gasteiger partial charge in [-0.1, -0.05) is 24.3 Å². The molecule has 0 radical (unpaired) electrons. The number of nitrogens with one attached hydrogen (secondary N) is 1. The maximum atomic E-state index is 11.9. The Hall–Kier alpha value is -3.06. The number of amides is 1. The van der Waals surface area contributed by atoms with E-state index in [0.29, 0.717) is 16.9 Å². The van der Waals surface area contributed by atoms with Crippen LogP contribution in [0.1, 0.15) is 16.7 Å². The van der Waals surface area contributed by atoms with Gasteiger partial charge in [-0.3, -0.25) is 4.79 Å². The average Bonchev–Trinajstić information content (AvgIpc) is 2.45. The summed E-state index contributed by atoms with van der Waals surface area (Å²) in [5, 5.41) is 11.8. The number of nitrogens with two attached hydrogens (primary N) is 1. The summed E-state index contributed by atoms with van der Waals surface area (Å²) in [6.45, 7) is 1.83. The third kappa shape index (κ3) is 3.71. The van der Waals surface area contributed by atoms with Crippen molar-refractivity contribution >= 4 is 23.4 Å². The Bertz CT molecular complexity index is 742. The number of carbonyl (C=O) groups excluding carboxylic acids is 1. The molecular weight excluding hydrogens is 262 g/mol. The Labute approximate surface area is 123 Å². The molecule has 0 saturated heterocycles. The van der Waals surface area contributed by atoms with Crippen LogP contribution in [0.5, 0.6) is 0 Å². The molecule has 0 fully saturated rings. The molecule has 4 nitrogen and oxygen atoms in total. The van der Waals surface area contributed by atoms with E-state index < -0.39 is 0 Å². The molecule has 0 heterocycles. The molecule has 2 aromatic carbocycles. The maximum Gasteiger partial charge on any atom is 0.248 e. The van der Waals surface area contributed by atoms with E-state index in [1.54, 1.807) is 30.3 Å². The zero-order valence-corrected chi connectivity index (χ0v) is 11.6. The molecule has 0 spiro atoms. The summed E-state index contributed by atoms with van der Waals surface area (Å²) >= 11 is 0. The van der Waals surface area contributed by atoms with Gasteiger partial charge in [0.25, 0.3) is 0 Å². The molecule has 104 valence electrons. The largest absolute Gasteiger partial charge is 0.399 e. The van der Waals surface area contributed by atoms with Gasteiger partial charge in [-0.2, -0.15) is 5.26 Å². The van der Waals surface area contributed by atoms with Gasteiger partial charge in [0.1, 0.15) is 6.07 Å². The summed E-state index contributed by atoms with van der Waals surface area (Å²) in [5.41, 5.74) is 8.97. The standard InChI is InChI=1S/C17H15N3O/c1-12-4-2-7-16(15(12)11-18)20-17(21)9-8-13-5-3-6-14(19)10-13/h2-10H,19H2,1H3,(H,20,21)/b9-8+. The van der Waals surface area contributed by atoms with Crippen molar-refractivity contribution in [3.63, 3.8) is 0 Å². The monoisotopic (exact) mass is 277 g/mol. The molecule has 0 atom stereocenters. The zero-order chi connectivity index (χ0) is 15.2. The third-order valence-electron chi connectivity index (χ3n) is 2.98. The van der Waals surface area contributed by atoms with E-state index in [4.69, 9.17) is 11.0 Å². The Morgan fingerprint density at radius 1 is 1.29 bits per heavy atom. The average molecular weight is 277 g/mol. The lowest BCUT2D eigenvalue weighted by atomic mass is 10.1. The first-order valence-corrected chi connectivity index (χ1v) is 6.44. The number of aryl methyl sites for hydroxylation is 1. The van der Waals surface area contributed by atoms with E-state index in [0.717, 1.165) is 11.1 Å². The molecule has 4 heteroatoms. The van der Waals surface area contributed by atoms with Gasteiger partial charge in [0, 0.05) is 11.8 Å². The Morgan fingerprint density at radius 2 is 2.05 bits per heavy atom. The van der Waals surface area contributed by atoms with E-state index in [1.807, 2.05) is 25.1 Å². The lowest BCUT2D eigenvalue weighted by Crippen LogP contribution is -2.09. The summed E-state index contributed by atoms with van der Waals surface area (Å²) in [7, 11) is 0. The van der Waals surface area contributed by atoms with Crippen molar-refractivity contribution in [3.05, 3.63) is 65.2 Å². The lowest BCUT2D eigenvalue weighted by Gasteiger charge is -2.06. The maximum absolute atomic E-state index is 11.9. The topological polar surface area (TPSA) is 78.9 Å². The molecule has 0 unspecified atom stereocenters. The number of hydrogen-bond donors (Lipinski definition) is 2. The molecule has 2 rings (SSSR count). The van der Waals surface area contributed by atoms with Gasteiger partial charge in [-0.15, -0.1) is 0 Å². The quantitative estimate of drug-likeness (QED) is 0.668. The number of nitriles is 1. The smallest absolute Gasteiger partial charge is 0.248 e. The first kappa shape index (κ1) is 14.4. The summed E-state index contributed by atoms with van der Waals surface area (Å²) in [6.07, 6.45) is 3.09. The van der Waals surface area contributed by atoms with Crippen molar-refractivity contribution in [2.24, 2.45) is 0 Å². The van der Waals surface area contributed by atoms with Crippen LogP contribution in [0, 0.1) is 18.3 Å². The van der Waals surface area contributed by atoms with Crippen LogP contribution in [0.4, 0.5) is 11.4 Å². The Kier molecular flexibility index (Phi) is 4.37. The molecule has 0 bridgehead atoms. The minimum Gasteiger partial charge on any atom is -0.399 e. The minimum absolute atomic E-state index is 0.292. The molecule has 3 N–H and O–H groups in total. The van der Waals surface area contributed by atoms with Gasteiger partial charge in [-0.05, 0) is 42.3 Å². The van der Waals surface area contributed by atoms with Crippen molar-refractivity contribution in [2.75, 3.05) is 11.1 Å². The Morgan fingerprint density at radius 3 is 2.76 bits per heavy atom. The van der Waals surface area contributed by atoms with E-state index in [1.165, 1.54) is 6.08 Å². The van der Waals surface area contributed by atoms with Gasteiger partial charge in [0.2, 0.25) is 5.91 Å². The van der Waals surface area contributed by atoms with E-state index in [-0.39, 0.29) is 5.91 Å². The number of hydrogen-bond acceptors (Lipinski definition) is 3. The van der Waals surface area contributed by atoms with Crippen molar-refractivity contribution in [3.8, 4) is 6.07 Å². The first-order chi connectivity index (χ1) is 10.1. The van der Waals surface area contributed by atoms with Crippen LogP contribution in [0.15, 0.2) is 48.5 Å². The molecular formula is C17H15N3O. The van der Waals surface area contributed by atoms with Gasteiger partial charge in [0.05, 0.1) is 11.3 Å². The summed E-state index contributed by atoms with van der Waals surface area (Å²) in [5.74, 6) is -0.292. The fourth-order valence-electron chi connectivity index (χ4n) is 1.93. The third-order valence-corrected chi connectivity index (χ3v) is 2.98. The van der Waals surface area contributed by atoms with Crippen LogP contribution in [-0.4, -0.2) is 5.91 Å². The highest BCUT2D eigenvalue weighted by atomic mass is 16.1. The van der Waals surface area contributed by atoms with Crippen molar-refractivity contribution < 1.29 is 4.79 Å². The zero-order valence-electron chi connectivity index (χ0n) is 11.6. The summed E-state index contributed by atoms with van der Waals surface area (Å²) in [4.78, 5) is 11.9. The lowest BCUT2D eigenvalue weighted by molar-refractivity contribution is -0.111. The number of rotatable bonds is 3. The van der Waals surface area contributed by atoms with Gasteiger partial charge in [-0.25, -0.2) is 0 Å². The molecule has 21 heavy (non-hydrogen) atoms. The predicted molar refractivity (Wildman–Crippen MR) is 84.4 cm³/mol. The SMILES string of the molecule is Cc1cccc(NC(=O)/C=C/c2cccc(N)c2)c1C#N. The van der Waals surface area contributed by atoms with E-state index >= 15 is 0 Å². The number of nitrogen functional groups attached to an aromatic ring is 1. The number of anilines is 2. The summed E-state index contributed by atoms with van der Waals surface area (Å²) < 4.78 is 0. The number of benzene rings is 2. The molecule has 0 aliphatic heterocycles. The normalized spacial score (nSPS) is 10.3. The van der Waals surface area contributed by atoms with Crippen LogP contribution in [0.3, 0.4) is 0 Å². The second kappa shape index (κ2) is 6.40. The van der Waals surface area contributed by atoms with Crippen LogP contribution >= 0.6 is 0 Å². The second-order valence-corrected chi connectivity index (χ2v) is 4.60. The number of nitrogens with zero attached hydrogens (tertiary/aromatic N) is 1. The molecule has 0 aliphatic rings. The molecule has 0 saturated carbocycles. The molecule has 0 aliphatic carbocycles. The highest BCUT2D eigenvalue weighted by molar-refractivity contribution is 6.02. The Balaban J connectivity index is 2.13. The highest BCUT2D eigenvalue weighted by Crippen LogP contribution is 2.18. The number of carbonyl (C=O) groups is 1. The van der Waals surface area contributed by atoms with Crippen LogP contribution < -0.4 is 11.1 Å². The van der Waals surface area contributed by atoms with Crippen molar-refractivity contribution in [1.29, 1.82) is 5.26 Å². The van der Waals surface area contributed by atoms with Crippen LogP contribution in [0.2, 0.25) is 0 Å². The molecule has 2 aromatic rings. The van der Waals surface area contributed by atoms with Gasteiger partial charge in [0.15, 0.2) is 0 Å². The first-order valence-electron chi connectivity index (χ1n) is 6.44. The van der Waals surface area contributed by atoms with Gasteiger partial charge < -0.3 is 11.1 Å². The van der Waals surface area contributed by atoms with Crippen molar-refractivity contribution in [2.45, 2.75) is 6.92 Å². The van der Waals surface area contributed by atoms with E-state index in [2.05, 4.69) is 11.4 Å². The van der Waals surface area contributed by atoms with E-state index in [9.17, 15) is 4.79 Å². The fourth-order valence-corrected chi connectivity index (χ4v) is 1.93. The molecule has 0 aromatic heterocycles. The second-order valence-electron chi connectivity index (χ2n) is 4.60. The fraction of sp³-hybridized carbons (Fsp3) is 0.0588. The predicted octanol–water partition coefficient (Wildman–Crippen LogP) is 3.10.